The van der Waals surface area contributed by atoms with Crippen LogP contribution in [0.3, 0.4) is 0 Å². The van der Waals surface area contributed by atoms with Crippen molar-refractivity contribution in [3.63, 3.8) is 0 Å². The summed E-state index contributed by atoms with van der Waals surface area (Å²) < 4.78 is 0. The molecule has 0 fully saturated rings. The van der Waals surface area contributed by atoms with Crippen LogP contribution >= 0.6 is 11.3 Å². The average molecular weight is 289 g/mol. The van der Waals surface area contributed by atoms with Crippen molar-refractivity contribution < 1.29 is 0 Å². The van der Waals surface area contributed by atoms with Crippen LogP contribution in [0.1, 0.15) is 24.4 Å². The molecule has 3 nitrogen and oxygen atoms in total. The van der Waals surface area contributed by atoms with Crippen LogP contribution in [0.4, 0.5) is 0 Å². The molecule has 0 aliphatic rings. The number of hydrogen-bond donors (Lipinski definition) is 1. The number of thiophene rings is 1. The van der Waals surface area contributed by atoms with Crippen LogP contribution in [0, 0.1) is 0 Å². The molecule has 0 bridgehead atoms. The van der Waals surface area contributed by atoms with Gasteiger partial charge in [0.15, 0.2) is 0 Å². The van der Waals surface area contributed by atoms with E-state index in [0.717, 1.165) is 31.9 Å². The molecule has 0 aromatic carbocycles. The third kappa shape index (κ3) is 5.04. The summed E-state index contributed by atoms with van der Waals surface area (Å²) in [6.45, 7) is 8.44. The fourth-order valence-corrected chi connectivity index (χ4v) is 2.79. The first-order valence-electron chi connectivity index (χ1n) is 7.13. The molecule has 0 radical (unpaired) electrons. The fourth-order valence-electron chi connectivity index (χ4n) is 2.06. The van der Waals surface area contributed by atoms with Crippen LogP contribution in [-0.2, 0) is 13.1 Å². The van der Waals surface area contributed by atoms with E-state index in [1.54, 1.807) is 0 Å². The predicted molar refractivity (Wildman–Crippen MR) is 85.8 cm³/mol. The third-order valence-electron chi connectivity index (χ3n) is 3.28. The van der Waals surface area contributed by atoms with E-state index in [0.29, 0.717) is 6.04 Å². The van der Waals surface area contributed by atoms with Gasteiger partial charge in [-0.25, -0.2) is 0 Å². The lowest BCUT2D eigenvalue weighted by Gasteiger charge is -2.26. The van der Waals surface area contributed by atoms with Crippen molar-refractivity contribution in [2.45, 2.75) is 33.0 Å². The normalized spacial score (nSPS) is 11.4. The largest absolute Gasteiger partial charge is 0.310 e. The highest BCUT2D eigenvalue weighted by molar-refractivity contribution is 7.09. The number of aromatic nitrogens is 1. The Morgan fingerprint density at radius 3 is 2.80 bits per heavy atom. The van der Waals surface area contributed by atoms with Gasteiger partial charge < -0.3 is 5.32 Å². The molecule has 20 heavy (non-hydrogen) atoms. The van der Waals surface area contributed by atoms with Gasteiger partial charge in [0.25, 0.3) is 0 Å². The Balaban J connectivity index is 1.72. The zero-order chi connectivity index (χ0) is 14.2. The number of rotatable bonds is 8. The topological polar surface area (TPSA) is 28.2 Å². The molecule has 2 heterocycles. The van der Waals surface area contributed by atoms with E-state index in [1.165, 1.54) is 4.88 Å². The van der Waals surface area contributed by atoms with Gasteiger partial charge in [-0.15, -0.1) is 11.3 Å². The fraction of sp³-hybridized carbons (Fsp3) is 0.438. The number of nitrogens with one attached hydrogen (secondary N) is 1. The first kappa shape index (κ1) is 15.2. The lowest BCUT2D eigenvalue weighted by molar-refractivity contribution is 0.215. The van der Waals surface area contributed by atoms with Crippen LogP contribution in [-0.4, -0.2) is 29.0 Å². The molecule has 0 spiro atoms. The zero-order valence-electron chi connectivity index (χ0n) is 12.2. The van der Waals surface area contributed by atoms with E-state index in [1.807, 2.05) is 29.7 Å². The molecular formula is C16H23N3S. The minimum absolute atomic E-state index is 0.564. The molecule has 1 N–H and O–H groups in total. The maximum Gasteiger partial charge on any atom is 0.0541 e. The minimum Gasteiger partial charge on any atom is -0.310 e. The molecule has 0 aliphatic carbocycles. The number of pyridine rings is 1. The van der Waals surface area contributed by atoms with E-state index < -0.39 is 0 Å². The Bertz CT molecular complexity index is 468. The molecule has 2 aromatic rings. The lowest BCUT2D eigenvalue weighted by atomic mass is 10.3. The predicted octanol–water partition coefficient (Wildman–Crippen LogP) is 3.14. The van der Waals surface area contributed by atoms with Crippen molar-refractivity contribution in [3.05, 3.63) is 52.5 Å². The SMILES string of the molecule is CC(C)N(CCNCc1ccccn1)Cc1cccs1. The van der Waals surface area contributed by atoms with Crippen LogP contribution in [0.5, 0.6) is 0 Å². The first-order valence-corrected chi connectivity index (χ1v) is 8.00. The maximum absolute atomic E-state index is 4.32. The van der Waals surface area contributed by atoms with Crippen LogP contribution in [0.2, 0.25) is 0 Å². The third-order valence-corrected chi connectivity index (χ3v) is 4.14. The van der Waals surface area contributed by atoms with Gasteiger partial charge in [-0.05, 0) is 37.4 Å². The first-order chi connectivity index (χ1) is 9.75. The lowest BCUT2D eigenvalue weighted by Crippen LogP contribution is -2.36. The van der Waals surface area contributed by atoms with Gasteiger partial charge in [-0.2, -0.15) is 0 Å². The highest BCUT2D eigenvalue weighted by Gasteiger charge is 2.10. The molecule has 0 saturated carbocycles. The molecule has 108 valence electrons. The van der Waals surface area contributed by atoms with Gasteiger partial charge in [0, 0.05) is 43.3 Å². The van der Waals surface area contributed by atoms with Crippen molar-refractivity contribution >= 4 is 11.3 Å². The summed E-state index contributed by atoms with van der Waals surface area (Å²) in [5.74, 6) is 0. The Labute approximate surface area is 125 Å². The van der Waals surface area contributed by atoms with E-state index in [9.17, 15) is 0 Å². The standard InChI is InChI=1S/C16H23N3S/c1-14(2)19(13-16-7-5-11-20-16)10-9-17-12-15-6-3-4-8-18-15/h3-8,11,14,17H,9-10,12-13H2,1-2H3. The molecule has 0 aliphatic heterocycles. The monoisotopic (exact) mass is 289 g/mol. The highest BCUT2D eigenvalue weighted by atomic mass is 32.1. The summed E-state index contributed by atoms with van der Waals surface area (Å²) in [7, 11) is 0. The summed E-state index contributed by atoms with van der Waals surface area (Å²) in [5, 5.41) is 5.61. The van der Waals surface area contributed by atoms with Gasteiger partial charge in [0.1, 0.15) is 0 Å². The van der Waals surface area contributed by atoms with E-state index >= 15 is 0 Å². The summed E-state index contributed by atoms with van der Waals surface area (Å²) in [4.78, 5) is 8.25. The minimum atomic E-state index is 0.564. The van der Waals surface area contributed by atoms with Crippen molar-refractivity contribution in [2.75, 3.05) is 13.1 Å². The second kappa shape index (κ2) is 8.15. The Morgan fingerprint density at radius 2 is 2.15 bits per heavy atom. The maximum atomic E-state index is 4.32. The van der Waals surface area contributed by atoms with E-state index in [4.69, 9.17) is 0 Å². The van der Waals surface area contributed by atoms with Crippen molar-refractivity contribution in [2.24, 2.45) is 0 Å². The molecule has 0 saturated heterocycles. The van der Waals surface area contributed by atoms with Crippen LogP contribution < -0.4 is 5.32 Å². The summed E-state index contributed by atoms with van der Waals surface area (Å²) in [6, 6.07) is 10.9. The van der Waals surface area contributed by atoms with Crippen molar-refractivity contribution in [1.82, 2.24) is 15.2 Å². The number of hydrogen-bond acceptors (Lipinski definition) is 4. The summed E-state index contributed by atoms with van der Waals surface area (Å²) in [6.07, 6.45) is 1.84. The molecular weight excluding hydrogens is 266 g/mol. The van der Waals surface area contributed by atoms with Gasteiger partial charge in [0.2, 0.25) is 0 Å². The molecule has 4 heteroatoms. The quantitative estimate of drug-likeness (QED) is 0.757. The van der Waals surface area contributed by atoms with Gasteiger partial charge in [-0.1, -0.05) is 12.1 Å². The molecule has 0 amide bonds. The Morgan fingerprint density at radius 1 is 1.25 bits per heavy atom. The van der Waals surface area contributed by atoms with Gasteiger partial charge in [-0.3, -0.25) is 9.88 Å². The van der Waals surface area contributed by atoms with E-state index in [2.05, 4.69) is 52.6 Å². The molecule has 2 rings (SSSR count). The molecule has 0 unspecified atom stereocenters. The zero-order valence-corrected chi connectivity index (χ0v) is 13.1. The second-order valence-corrected chi connectivity index (χ2v) is 6.17. The van der Waals surface area contributed by atoms with Gasteiger partial charge in [0.05, 0.1) is 5.69 Å². The smallest absolute Gasteiger partial charge is 0.0541 e. The van der Waals surface area contributed by atoms with Crippen LogP contribution in [0.15, 0.2) is 41.9 Å². The van der Waals surface area contributed by atoms with E-state index in [-0.39, 0.29) is 0 Å². The van der Waals surface area contributed by atoms with Crippen LogP contribution in [0.25, 0.3) is 0 Å². The van der Waals surface area contributed by atoms with Crippen molar-refractivity contribution in [3.8, 4) is 0 Å². The second-order valence-electron chi connectivity index (χ2n) is 5.14. The molecule has 0 atom stereocenters. The van der Waals surface area contributed by atoms with Gasteiger partial charge >= 0.3 is 0 Å². The highest BCUT2D eigenvalue weighted by Crippen LogP contribution is 2.13. The number of nitrogens with zero attached hydrogens (tertiary/aromatic N) is 2. The summed E-state index contributed by atoms with van der Waals surface area (Å²) in [5.41, 5.74) is 1.10. The summed E-state index contributed by atoms with van der Waals surface area (Å²) >= 11 is 1.83. The average Bonchev–Trinajstić information content (AvgIpc) is 2.96. The Hall–Kier alpha value is -1.23. The van der Waals surface area contributed by atoms with Crippen molar-refractivity contribution in [1.29, 1.82) is 0 Å². The molecule has 2 aromatic heterocycles. The Kier molecular flexibility index (Phi) is 6.18.